The summed E-state index contributed by atoms with van der Waals surface area (Å²) in [4.78, 5) is 14.9. The number of nitrogens with one attached hydrogen (secondary N) is 1. The molecule has 1 amide bonds. The minimum absolute atomic E-state index is 0.0246. The molecule has 3 rings (SSSR count). The van der Waals surface area contributed by atoms with Crippen molar-refractivity contribution >= 4 is 5.91 Å². The lowest BCUT2D eigenvalue weighted by molar-refractivity contribution is -0.0741. The average molecular weight is 375 g/mol. The summed E-state index contributed by atoms with van der Waals surface area (Å²) in [5.41, 5.74) is 1.48. The molecule has 0 radical (unpaired) electrons. The molecular formula is C21H34N4O2. The fraction of sp³-hybridized carbons (Fsp3) is 0.714. The van der Waals surface area contributed by atoms with E-state index in [0.717, 1.165) is 51.0 Å². The molecule has 1 unspecified atom stereocenters. The number of carbonyl (C=O) groups is 1. The van der Waals surface area contributed by atoms with Gasteiger partial charge in [0, 0.05) is 33.2 Å². The van der Waals surface area contributed by atoms with E-state index in [9.17, 15) is 4.79 Å². The van der Waals surface area contributed by atoms with Gasteiger partial charge in [-0.25, -0.2) is 0 Å². The van der Waals surface area contributed by atoms with Crippen LogP contribution < -0.4 is 5.32 Å². The van der Waals surface area contributed by atoms with E-state index in [1.165, 1.54) is 0 Å². The van der Waals surface area contributed by atoms with Crippen molar-refractivity contribution in [2.75, 3.05) is 26.2 Å². The first-order chi connectivity index (χ1) is 12.9. The van der Waals surface area contributed by atoms with Crippen LogP contribution in [0.1, 0.15) is 55.7 Å². The molecule has 2 fully saturated rings. The summed E-state index contributed by atoms with van der Waals surface area (Å²) in [5, 5.41) is 7.25. The van der Waals surface area contributed by atoms with Crippen LogP contribution in [0.4, 0.5) is 0 Å². The number of nitrogens with zero attached hydrogens (tertiary/aromatic N) is 3. The second-order valence-electron chi connectivity index (χ2n) is 8.44. The van der Waals surface area contributed by atoms with Gasteiger partial charge in [-0.1, -0.05) is 26.0 Å². The Bertz CT molecular complexity index is 672. The van der Waals surface area contributed by atoms with Crippen molar-refractivity contribution in [1.82, 2.24) is 20.0 Å². The molecule has 3 heterocycles. The third kappa shape index (κ3) is 5.20. The fourth-order valence-corrected chi connectivity index (χ4v) is 4.15. The van der Waals surface area contributed by atoms with Crippen LogP contribution in [0, 0.1) is 12.8 Å². The van der Waals surface area contributed by atoms with Gasteiger partial charge in [-0.05, 0) is 44.6 Å². The molecule has 0 saturated carbocycles. The molecule has 6 nitrogen and oxygen atoms in total. The standard InChI is InChI=1S/C21H34N4O2/c1-16(2)6-5-11-25-12-9-21(10-13-25)8-7-18(27-21)15-22-20(26)19-14-17(3)23-24(19)4/h5-6,14,16,18H,7-13,15H2,1-4H3,(H,22,26)/b6-5+. The highest BCUT2D eigenvalue weighted by molar-refractivity contribution is 5.92. The Hall–Kier alpha value is -1.66. The highest BCUT2D eigenvalue weighted by Crippen LogP contribution is 2.38. The molecule has 2 saturated heterocycles. The molecule has 2 aliphatic rings. The van der Waals surface area contributed by atoms with E-state index in [2.05, 4.69) is 41.3 Å². The van der Waals surface area contributed by atoms with Crippen LogP contribution in [-0.2, 0) is 11.8 Å². The normalized spacial score (nSPS) is 22.9. The Balaban J connectivity index is 1.42. The number of hydrogen-bond acceptors (Lipinski definition) is 4. The molecule has 27 heavy (non-hydrogen) atoms. The Morgan fingerprint density at radius 1 is 1.41 bits per heavy atom. The monoisotopic (exact) mass is 374 g/mol. The molecule has 150 valence electrons. The summed E-state index contributed by atoms with van der Waals surface area (Å²) in [7, 11) is 1.80. The minimum atomic E-state index is -0.0746. The van der Waals surface area contributed by atoms with Gasteiger partial charge >= 0.3 is 0 Å². The lowest BCUT2D eigenvalue weighted by Gasteiger charge is -2.38. The van der Waals surface area contributed by atoms with Gasteiger partial charge < -0.3 is 10.1 Å². The van der Waals surface area contributed by atoms with Gasteiger partial charge in [-0.3, -0.25) is 14.4 Å². The number of hydrogen-bond donors (Lipinski definition) is 1. The second kappa shape index (κ2) is 8.57. The van der Waals surface area contributed by atoms with Crippen molar-refractivity contribution in [2.24, 2.45) is 13.0 Å². The van der Waals surface area contributed by atoms with Gasteiger partial charge in [0.1, 0.15) is 5.69 Å². The maximum Gasteiger partial charge on any atom is 0.269 e. The highest BCUT2D eigenvalue weighted by atomic mass is 16.5. The summed E-state index contributed by atoms with van der Waals surface area (Å²) in [6.45, 7) is 10.1. The molecule has 0 aromatic carbocycles. The molecule has 6 heteroatoms. The number of piperidine rings is 1. The van der Waals surface area contributed by atoms with Crippen LogP contribution in [0.25, 0.3) is 0 Å². The number of allylic oxidation sites excluding steroid dienone is 1. The first-order valence-corrected chi connectivity index (χ1v) is 10.2. The van der Waals surface area contributed by atoms with Crippen molar-refractivity contribution in [1.29, 1.82) is 0 Å². The summed E-state index contributed by atoms with van der Waals surface area (Å²) < 4.78 is 8.05. The van der Waals surface area contributed by atoms with Gasteiger partial charge in [-0.15, -0.1) is 0 Å². The number of aryl methyl sites for hydroxylation is 2. The van der Waals surface area contributed by atoms with Crippen molar-refractivity contribution in [3.63, 3.8) is 0 Å². The Kier molecular flexibility index (Phi) is 6.37. The van der Waals surface area contributed by atoms with Crippen molar-refractivity contribution in [2.45, 2.75) is 58.2 Å². The molecule has 0 bridgehead atoms. The predicted molar refractivity (Wildman–Crippen MR) is 107 cm³/mol. The minimum Gasteiger partial charge on any atom is -0.370 e. The fourth-order valence-electron chi connectivity index (χ4n) is 4.15. The van der Waals surface area contributed by atoms with Crippen LogP contribution in [0.15, 0.2) is 18.2 Å². The summed E-state index contributed by atoms with van der Waals surface area (Å²) in [6.07, 6.45) is 9.00. The van der Waals surface area contributed by atoms with Crippen LogP contribution in [0.5, 0.6) is 0 Å². The van der Waals surface area contributed by atoms with Crippen LogP contribution in [-0.4, -0.2) is 58.5 Å². The third-order valence-corrected chi connectivity index (χ3v) is 5.72. The van der Waals surface area contributed by atoms with E-state index in [-0.39, 0.29) is 17.6 Å². The largest absolute Gasteiger partial charge is 0.370 e. The van der Waals surface area contributed by atoms with E-state index < -0.39 is 0 Å². The van der Waals surface area contributed by atoms with Crippen LogP contribution in [0.3, 0.4) is 0 Å². The molecule has 1 N–H and O–H groups in total. The first kappa shape index (κ1) is 20.1. The molecule has 2 aliphatic heterocycles. The number of amides is 1. The third-order valence-electron chi connectivity index (χ3n) is 5.72. The zero-order chi connectivity index (χ0) is 19.4. The quantitative estimate of drug-likeness (QED) is 0.778. The Labute approximate surface area is 162 Å². The van der Waals surface area contributed by atoms with E-state index in [0.29, 0.717) is 18.2 Å². The van der Waals surface area contributed by atoms with E-state index in [1.807, 2.05) is 13.0 Å². The first-order valence-electron chi connectivity index (χ1n) is 10.2. The topological polar surface area (TPSA) is 59.4 Å². The van der Waals surface area contributed by atoms with Gasteiger partial charge in [0.15, 0.2) is 0 Å². The van der Waals surface area contributed by atoms with Crippen LogP contribution >= 0.6 is 0 Å². The number of carbonyl (C=O) groups excluding carboxylic acids is 1. The molecule has 1 aromatic heterocycles. The summed E-state index contributed by atoms with van der Waals surface area (Å²) in [6, 6.07) is 1.82. The highest BCUT2D eigenvalue weighted by Gasteiger charge is 2.42. The Morgan fingerprint density at radius 2 is 2.15 bits per heavy atom. The molecule has 1 spiro atoms. The predicted octanol–water partition coefficient (Wildman–Crippen LogP) is 2.68. The van der Waals surface area contributed by atoms with Gasteiger partial charge in [-0.2, -0.15) is 5.10 Å². The lowest BCUT2D eigenvalue weighted by atomic mass is 9.88. The SMILES string of the molecule is Cc1cc(C(=O)NCC2CCC3(CCN(C/C=C/C(C)C)CC3)O2)n(C)n1. The number of aromatic nitrogens is 2. The number of rotatable bonds is 6. The zero-order valence-corrected chi connectivity index (χ0v) is 17.2. The van der Waals surface area contributed by atoms with Crippen LogP contribution in [0.2, 0.25) is 0 Å². The summed E-state index contributed by atoms with van der Waals surface area (Å²) in [5.74, 6) is 0.542. The Morgan fingerprint density at radius 3 is 2.78 bits per heavy atom. The van der Waals surface area contributed by atoms with E-state index in [1.54, 1.807) is 11.7 Å². The lowest BCUT2D eigenvalue weighted by Crippen LogP contribution is -2.45. The van der Waals surface area contributed by atoms with Crippen molar-refractivity contribution < 1.29 is 9.53 Å². The average Bonchev–Trinajstić information content (AvgIpc) is 3.17. The maximum absolute atomic E-state index is 12.4. The molecule has 0 aliphatic carbocycles. The molecule has 1 aromatic rings. The van der Waals surface area contributed by atoms with Gasteiger partial charge in [0.05, 0.1) is 17.4 Å². The van der Waals surface area contributed by atoms with Gasteiger partial charge in [0.2, 0.25) is 0 Å². The van der Waals surface area contributed by atoms with Crippen molar-refractivity contribution in [3.05, 3.63) is 29.6 Å². The smallest absolute Gasteiger partial charge is 0.269 e. The number of likely N-dealkylation sites (tertiary alicyclic amines) is 1. The van der Waals surface area contributed by atoms with Crippen molar-refractivity contribution in [3.8, 4) is 0 Å². The maximum atomic E-state index is 12.4. The van der Waals surface area contributed by atoms with Gasteiger partial charge in [0.25, 0.3) is 5.91 Å². The molecule has 1 atom stereocenters. The number of ether oxygens (including phenoxy) is 1. The zero-order valence-electron chi connectivity index (χ0n) is 17.2. The van der Waals surface area contributed by atoms with E-state index in [4.69, 9.17) is 4.74 Å². The second-order valence-corrected chi connectivity index (χ2v) is 8.44. The summed E-state index contributed by atoms with van der Waals surface area (Å²) >= 11 is 0. The van der Waals surface area contributed by atoms with E-state index >= 15 is 0 Å². The molecular weight excluding hydrogens is 340 g/mol.